The standard InChI is InChI=1S/C11H14O/c1-3-11-10-7-5-4-6-9(10)8(2)12-11/h4-8,11H,3H2,1-2H3. The van der Waals surface area contributed by atoms with E-state index in [1.807, 2.05) is 0 Å². The summed E-state index contributed by atoms with van der Waals surface area (Å²) in [6.07, 6.45) is 1.68. The van der Waals surface area contributed by atoms with Crippen molar-refractivity contribution in [1.82, 2.24) is 0 Å². The van der Waals surface area contributed by atoms with Crippen LogP contribution in [-0.4, -0.2) is 0 Å². The molecule has 0 amide bonds. The van der Waals surface area contributed by atoms with Crippen LogP contribution in [0.1, 0.15) is 43.6 Å². The molecular weight excluding hydrogens is 148 g/mol. The second kappa shape index (κ2) is 2.91. The SMILES string of the molecule is CCC1OC(C)c2ccccc21. The van der Waals surface area contributed by atoms with Gasteiger partial charge in [-0.2, -0.15) is 0 Å². The van der Waals surface area contributed by atoms with E-state index in [4.69, 9.17) is 4.74 Å². The fourth-order valence-corrected chi connectivity index (χ4v) is 1.88. The lowest BCUT2D eigenvalue weighted by atomic mass is 10.0. The van der Waals surface area contributed by atoms with Crippen LogP contribution in [0, 0.1) is 0 Å². The van der Waals surface area contributed by atoms with Crippen molar-refractivity contribution in [2.75, 3.05) is 0 Å². The molecule has 1 heterocycles. The third-order valence-electron chi connectivity index (χ3n) is 2.52. The minimum absolute atomic E-state index is 0.283. The molecule has 0 bridgehead atoms. The van der Waals surface area contributed by atoms with Crippen LogP contribution in [0.25, 0.3) is 0 Å². The van der Waals surface area contributed by atoms with Gasteiger partial charge in [-0.05, 0) is 24.5 Å². The summed E-state index contributed by atoms with van der Waals surface area (Å²) in [5.74, 6) is 0. The van der Waals surface area contributed by atoms with Crippen molar-refractivity contribution in [3.8, 4) is 0 Å². The minimum atomic E-state index is 0.283. The highest BCUT2D eigenvalue weighted by Crippen LogP contribution is 2.39. The largest absolute Gasteiger partial charge is 0.366 e. The average Bonchev–Trinajstić information content (AvgIpc) is 2.44. The summed E-state index contributed by atoms with van der Waals surface area (Å²) in [7, 11) is 0. The van der Waals surface area contributed by atoms with Crippen molar-refractivity contribution in [1.29, 1.82) is 0 Å². The van der Waals surface area contributed by atoms with E-state index in [1.54, 1.807) is 0 Å². The van der Waals surface area contributed by atoms with Gasteiger partial charge in [-0.1, -0.05) is 31.2 Å². The summed E-state index contributed by atoms with van der Waals surface area (Å²) >= 11 is 0. The van der Waals surface area contributed by atoms with E-state index in [0.717, 1.165) is 6.42 Å². The van der Waals surface area contributed by atoms with Gasteiger partial charge < -0.3 is 4.74 Å². The van der Waals surface area contributed by atoms with E-state index in [1.165, 1.54) is 11.1 Å². The zero-order valence-corrected chi connectivity index (χ0v) is 7.58. The van der Waals surface area contributed by atoms with E-state index in [0.29, 0.717) is 6.10 Å². The first kappa shape index (κ1) is 7.81. The zero-order chi connectivity index (χ0) is 8.55. The number of benzene rings is 1. The monoisotopic (exact) mass is 162 g/mol. The third-order valence-corrected chi connectivity index (χ3v) is 2.52. The number of ether oxygens (including phenoxy) is 1. The van der Waals surface area contributed by atoms with Crippen molar-refractivity contribution in [2.24, 2.45) is 0 Å². The third kappa shape index (κ3) is 1.05. The van der Waals surface area contributed by atoms with E-state index in [-0.39, 0.29) is 6.10 Å². The highest BCUT2D eigenvalue weighted by atomic mass is 16.5. The number of fused-ring (bicyclic) bond motifs is 1. The lowest BCUT2D eigenvalue weighted by molar-refractivity contribution is 0.0200. The average molecular weight is 162 g/mol. The Kier molecular flexibility index (Phi) is 1.89. The van der Waals surface area contributed by atoms with Crippen molar-refractivity contribution in [3.63, 3.8) is 0 Å². The number of rotatable bonds is 1. The molecule has 2 rings (SSSR count). The summed E-state index contributed by atoms with van der Waals surface area (Å²) in [5.41, 5.74) is 2.75. The van der Waals surface area contributed by atoms with Crippen LogP contribution in [0.2, 0.25) is 0 Å². The van der Waals surface area contributed by atoms with E-state index in [9.17, 15) is 0 Å². The Labute approximate surface area is 73.4 Å². The maximum absolute atomic E-state index is 5.78. The molecule has 1 heteroatoms. The Morgan fingerprint density at radius 3 is 2.58 bits per heavy atom. The Morgan fingerprint density at radius 1 is 1.25 bits per heavy atom. The van der Waals surface area contributed by atoms with Crippen molar-refractivity contribution in [2.45, 2.75) is 32.5 Å². The second-order valence-electron chi connectivity index (χ2n) is 3.30. The van der Waals surface area contributed by atoms with Gasteiger partial charge in [0.25, 0.3) is 0 Å². The predicted molar refractivity (Wildman–Crippen MR) is 49.0 cm³/mol. The molecule has 12 heavy (non-hydrogen) atoms. The van der Waals surface area contributed by atoms with Crippen LogP contribution in [0.5, 0.6) is 0 Å². The quantitative estimate of drug-likeness (QED) is 0.616. The number of hydrogen-bond acceptors (Lipinski definition) is 1. The molecule has 1 aliphatic rings. The summed E-state index contributed by atoms with van der Waals surface area (Å²) in [4.78, 5) is 0. The Balaban J connectivity index is 2.43. The van der Waals surface area contributed by atoms with Gasteiger partial charge in [-0.3, -0.25) is 0 Å². The van der Waals surface area contributed by atoms with Crippen LogP contribution >= 0.6 is 0 Å². The highest BCUT2D eigenvalue weighted by molar-refractivity contribution is 5.33. The smallest absolute Gasteiger partial charge is 0.0834 e. The fraction of sp³-hybridized carbons (Fsp3) is 0.455. The van der Waals surface area contributed by atoms with Gasteiger partial charge in [0.1, 0.15) is 0 Å². The Hall–Kier alpha value is -0.820. The molecule has 1 aromatic rings. The normalized spacial score (nSPS) is 27.2. The molecule has 64 valence electrons. The fourth-order valence-electron chi connectivity index (χ4n) is 1.88. The molecule has 0 saturated carbocycles. The maximum Gasteiger partial charge on any atom is 0.0834 e. The molecule has 0 radical (unpaired) electrons. The second-order valence-corrected chi connectivity index (χ2v) is 3.30. The van der Waals surface area contributed by atoms with Gasteiger partial charge in [0, 0.05) is 0 Å². The van der Waals surface area contributed by atoms with Crippen molar-refractivity contribution in [3.05, 3.63) is 35.4 Å². The van der Waals surface area contributed by atoms with Crippen LogP contribution in [0.3, 0.4) is 0 Å². The van der Waals surface area contributed by atoms with Gasteiger partial charge in [0.2, 0.25) is 0 Å². The lowest BCUT2D eigenvalue weighted by Crippen LogP contribution is -1.93. The van der Waals surface area contributed by atoms with Crippen molar-refractivity contribution < 1.29 is 4.74 Å². The van der Waals surface area contributed by atoms with Gasteiger partial charge in [-0.25, -0.2) is 0 Å². The lowest BCUT2D eigenvalue weighted by Gasteiger charge is -2.07. The summed E-state index contributed by atoms with van der Waals surface area (Å²) in [6.45, 7) is 4.29. The molecule has 0 N–H and O–H groups in total. The Bertz CT molecular complexity index is 280. The molecule has 1 nitrogen and oxygen atoms in total. The highest BCUT2D eigenvalue weighted by Gasteiger charge is 2.26. The van der Waals surface area contributed by atoms with Crippen LogP contribution < -0.4 is 0 Å². The molecular formula is C11H14O. The van der Waals surface area contributed by atoms with Gasteiger partial charge >= 0.3 is 0 Å². The number of hydrogen-bond donors (Lipinski definition) is 0. The first-order chi connectivity index (χ1) is 5.83. The molecule has 2 unspecified atom stereocenters. The first-order valence-corrected chi connectivity index (χ1v) is 4.57. The van der Waals surface area contributed by atoms with Gasteiger partial charge in [-0.15, -0.1) is 0 Å². The molecule has 1 aromatic carbocycles. The first-order valence-electron chi connectivity index (χ1n) is 4.57. The topological polar surface area (TPSA) is 9.23 Å². The Morgan fingerprint density at radius 2 is 1.92 bits per heavy atom. The summed E-state index contributed by atoms with van der Waals surface area (Å²) in [6, 6.07) is 8.50. The van der Waals surface area contributed by atoms with E-state index < -0.39 is 0 Å². The van der Waals surface area contributed by atoms with Crippen molar-refractivity contribution >= 4 is 0 Å². The zero-order valence-electron chi connectivity index (χ0n) is 7.58. The van der Waals surface area contributed by atoms with Crippen LogP contribution in [0.4, 0.5) is 0 Å². The predicted octanol–water partition coefficient (Wildman–Crippen LogP) is 3.23. The summed E-state index contributed by atoms with van der Waals surface area (Å²) < 4.78 is 5.78. The molecule has 0 aromatic heterocycles. The van der Waals surface area contributed by atoms with E-state index in [2.05, 4.69) is 38.1 Å². The minimum Gasteiger partial charge on any atom is -0.366 e. The summed E-state index contributed by atoms with van der Waals surface area (Å²) in [5, 5.41) is 0. The van der Waals surface area contributed by atoms with Crippen LogP contribution in [-0.2, 0) is 4.74 Å². The molecule has 2 atom stereocenters. The van der Waals surface area contributed by atoms with E-state index >= 15 is 0 Å². The molecule has 0 fully saturated rings. The molecule has 0 aliphatic carbocycles. The maximum atomic E-state index is 5.78. The van der Waals surface area contributed by atoms with Gasteiger partial charge in [0.15, 0.2) is 0 Å². The molecule has 0 spiro atoms. The van der Waals surface area contributed by atoms with Gasteiger partial charge in [0.05, 0.1) is 12.2 Å². The molecule has 1 aliphatic heterocycles. The van der Waals surface area contributed by atoms with Crippen LogP contribution in [0.15, 0.2) is 24.3 Å². The molecule has 0 saturated heterocycles.